The normalized spacial score (nSPS) is 10.8. The van der Waals surface area contributed by atoms with Crippen molar-refractivity contribution in [1.29, 1.82) is 0 Å². The Morgan fingerprint density at radius 3 is 2.58 bits per heavy atom. The van der Waals surface area contributed by atoms with Crippen LogP contribution in [0.3, 0.4) is 0 Å². The summed E-state index contributed by atoms with van der Waals surface area (Å²) in [7, 11) is 0. The number of para-hydroxylation sites is 1. The van der Waals surface area contributed by atoms with Gasteiger partial charge in [-0.15, -0.1) is 0 Å². The summed E-state index contributed by atoms with van der Waals surface area (Å²) >= 11 is 6.11. The SMILES string of the molecule is Oc1ccc(NCc2c(Cl)oc3ccccc23)cc1. The molecule has 1 aromatic heterocycles. The van der Waals surface area contributed by atoms with Gasteiger partial charge in [-0.2, -0.15) is 0 Å². The molecule has 0 bridgehead atoms. The molecule has 1 heterocycles. The highest BCUT2D eigenvalue weighted by Gasteiger charge is 2.11. The summed E-state index contributed by atoms with van der Waals surface area (Å²) in [6.45, 7) is 0.570. The van der Waals surface area contributed by atoms with Crippen molar-refractivity contribution in [1.82, 2.24) is 0 Å². The van der Waals surface area contributed by atoms with Gasteiger partial charge in [-0.25, -0.2) is 0 Å². The van der Waals surface area contributed by atoms with Gasteiger partial charge in [0.1, 0.15) is 11.3 Å². The third kappa shape index (κ3) is 2.37. The average molecular weight is 274 g/mol. The third-order valence-corrected chi connectivity index (χ3v) is 3.29. The van der Waals surface area contributed by atoms with Crippen LogP contribution in [0.5, 0.6) is 5.75 Å². The van der Waals surface area contributed by atoms with Gasteiger partial charge in [-0.3, -0.25) is 0 Å². The summed E-state index contributed by atoms with van der Waals surface area (Å²) in [5, 5.41) is 13.9. The van der Waals surface area contributed by atoms with Gasteiger partial charge < -0.3 is 14.8 Å². The highest BCUT2D eigenvalue weighted by Crippen LogP contribution is 2.30. The lowest BCUT2D eigenvalue weighted by atomic mass is 10.2. The van der Waals surface area contributed by atoms with E-state index in [1.54, 1.807) is 12.1 Å². The number of rotatable bonds is 3. The predicted molar refractivity (Wildman–Crippen MR) is 76.7 cm³/mol. The number of benzene rings is 2. The Kier molecular flexibility index (Phi) is 3.05. The Labute approximate surface area is 115 Å². The van der Waals surface area contributed by atoms with E-state index in [-0.39, 0.29) is 5.75 Å². The lowest BCUT2D eigenvalue weighted by Gasteiger charge is -2.05. The number of nitrogens with one attached hydrogen (secondary N) is 1. The predicted octanol–water partition coefficient (Wildman–Crippen LogP) is 4.40. The molecule has 0 aliphatic rings. The molecule has 2 N–H and O–H groups in total. The molecule has 0 saturated carbocycles. The maximum atomic E-state index is 9.23. The van der Waals surface area contributed by atoms with Crippen molar-refractivity contribution in [2.24, 2.45) is 0 Å². The monoisotopic (exact) mass is 273 g/mol. The molecule has 0 unspecified atom stereocenters. The van der Waals surface area contributed by atoms with Crippen molar-refractivity contribution < 1.29 is 9.52 Å². The zero-order valence-corrected chi connectivity index (χ0v) is 10.8. The number of furan rings is 1. The van der Waals surface area contributed by atoms with Crippen molar-refractivity contribution in [3.63, 3.8) is 0 Å². The minimum Gasteiger partial charge on any atom is -0.508 e. The molecular weight excluding hydrogens is 262 g/mol. The van der Waals surface area contributed by atoms with Crippen LogP contribution in [-0.2, 0) is 6.54 Å². The maximum Gasteiger partial charge on any atom is 0.199 e. The number of phenols is 1. The van der Waals surface area contributed by atoms with Gasteiger partial charge in [0.25, 0.3) is 0 Å². The molecule has 0 amide bonds. The van der Waals surface area contributed by atoms with E-state index >= 15 is 0 Å². The molecule has 0 spiro atoms. The Morgan fingerprint density at radius 1 is 1.05 bits per heavy atom. The van der Waals surface area contributed by atoms with Crippen molar-refractivity contribution in [2.45, 2.75) is 6.54 Å². The zero-order valence-electron chi connectivity index (χ0n) is 10.1. The Hall–Kier alpha value is -2.13. The second-order valence-electron chi connectivity index (χ2n) is 4.25. The minimum atomic E-state index is 0.248. The summed E-state index contributed by atoms with van der Waals surface area (Å²) in [5.41, 5.74) is 2.64. The van der Waals surface area contributed by atoms with Crippen LogP contribution < -0.4 is 5.32 Å². The average Bonchev–Trinajstić information content (AvgIpc) is 2.74. The molecule has 2 aromatic carbocycles. The first-order chi connectivity index (χ1) is 9.24. The van der Waals surface area contributed by atoms with E-state index in [1.165, 1.54) is 0 Å². The third-order valence-electron chi connectivity index (χ3n) is 2.99. The molecule has 0 atom stereocenters. The van der Waals surface area contributed by atoms with Gasteiger partial charge in [0.2, 0.25) is 0 Å². The summed E-state index contributed by atoms with van der Waals surface area (Å²) in [6.07, 6.45) is 0. The Bertz CT molecular complexity index is 704. The molecule has 0 aliphatic carbocycles. The molecule has 3 nitrogen and oxygen atoms in total. The standard InChI is InChI=1S/C15H12ClNO2/c16-15-13(12-3-1-2-4-14(12)19-15)9-17-10-5-7-11(18)8-6-10/h1-8,17-18H,9H2. The van der Waals surface area contributed by atoms with Gasteiger partial charge in [0, 0.05) is 23.2 Å². The molecule has 96 valence electrons. The number of phenolic OH excluding ortho intramolecular Hbond substituents is 1. The topological polar surface area (TPSA) is 45.4 Å². The van der Waals surface area contributed by atoms with Crippen LogP contribution in [-0.4, -0.2) is 5.11 Å². The van der Waals surface area contributed by atoms with Crippen LogP contribution in [0, 0.1) is 0 Å². The van der Waals surface area contributed by atoms with Crippen LogP contribution >= 0.6 is 11.6 Å². The van der Waals surface area contributed by atoms with Gasteiger partial charge in [-0.05, 0) is 41.9 Å². The van der Waals surface area contributed by atoms with E-state index in [0.29, 0.717) is 11.8 Å². The lowest BCUT2D eigenvalue weighted by molar-refractivity contribution is 0.475. The van der Waals surface area contributed by atoms with Crippen LogP contribution in [0.25, 0.3) is 11.0 Å². The fourth-order valence-electron chi connectivity index (χ4n) is 2.00. The summed E-state index contributed by atoms with van der Waals surface area (Å²) in [5.74, 6) is 0.248. The zero-order chi connectivity index (χ0) is 13.2. The first-order valence-corrected chi connectivity index (χ1v) is 6.30. The number of fused-ring (bicyclic) bond motifs is 1. The van der Waals surface area contributed by atoms with Gasteiger partial charge in [-0.1, -0.05) is 18.2 Å². The number of hydrogen-bond donors (Lipinski definition) is 2. The summed E-state index contributed by atoms with van der Waals surface area (Å²) in [6, 6.07) is 14.6. The molecule has 4 heteroatoms. The van der Waals surface area contributed by atoms with E-state index in [4.69, 9.17) is 16.0 Å². The molecule has 3 aromatic rings. The van der Waals surface area contributed by atoms with E-state index in [2.05, 4.69) is 5.32 Å². The first kappa shape index (κ1) is 11.9. The van der Waals surface area contributed by atoms with Gasteiger partial charge in [0.05, 0.1) is 0 Å². The largest absolute Gasteiger partial charge is 0.508 e. The fourth-order valence-corrected chi connectivity index (χ4v) is 2.26. The van der Waals surface area contributed by atoms with Crippen molar-refractivity contribution >= 4 is 28.3 Å². The van der Waals surface area contributed by atoms with Crippen LogP contribution in [0.1, 0.15) is 5.56 Å². The van der Waals surface area contributed by atoms with E-state index in [1.807, 2.05) is 36.4 Å². The molecular formula is C15H12ClNO2. The van der Waals surface area contributed by atoms with Gasteiger partial charge >= 0.3 is 0 Å². The van der Waals surface area contributed by atoms with Crippen LogP contribution in [0.4, 0.5) is 5.69 Å². The summed E-state index contributed by atoms with van der Waals surface area (Å²) in [4.78, 5) is 0. The number of anilines is 1. The fraction of sp³-hybridized carbons (Fsp3) is 0.0667. The Morgan fingerprint density at radius 2 is 1.79 bits per heavy atom. The van der Waals surface area contributed by atoms with Crippen LogP contribution in [0.2, 0.25) is 5.22 Å². The second kappa shape index (κ2) is 4.86. The lowest BCUT2D eigenvalue weighted by Crippen LogP contribution is -1.98. The van der Waals surface area contributed by atoms with E-state index < -0.39 is 0 Å². The maximum absolute atomic E-state index is 9.23. The highest BCUT2D eigenvalue weighted by atomic mass is 35.5. The molecule has 0 radical (unpaired) electrons. The van der Waals surface area contributed by atoms with Crippen molar-refractivity contribution in [3.8, 4) is 5.75 Å². The molecule has 3 rings (SSSR count). The van der Waals surface area contributed by atoms with E-state index in [0.717, 1.165) is 22.2 Å². The Balaban J connectivity index is 1.85. The quantitative estimate of drug-likeness (QED) is 0.695. The van der Waals surface area contributed by atoms with Gasteiger partial charge in [0.15, 0.2) is 5.22 Å². The smallest absolute Gasteiger partial charge is 0.199 e. The number of aromatic hydroxyl groups is 1. The molecule has 0 aliphatic heterocycles. The van der Waals surface area contributed by atoms with Crippen molar-refractivity contribution in [3.05, 3.63) is 59.3 Å². The first-order valence-electron chi connectivity index (χ1n) is 5.93. The number of halogens is 1. The second-order valence-corrected chi connectivity index (χ2v) is 4.59. The highest BCUT2D eigenvalue weighted by molar-refractivity contribution is 6.30. The summed E-state index contributed by atoms with van der Waals surface area (Å²) < 4.78 is 5.49. The molecule has 0 saturated heterocycles. The molecule has 19 heavy (non-hydrogen) atoms. The van der Waals surface area contributed by atoms with Crippen molar-refractivity contribution in [2.75, 3.05) is 5.32 Å². The number of hydrogen-bond acceptors (Lipinski definition) is 3. The van der Waals surface area contributed by atoms with Crippen LogP contribution in [0.15, 0.2) is 52.9 Å². The molecule has 0 fully saturated rings. The van der Waals surface area contributed by atoms with E-state index in [9.17, 15) is 5.11 Å². The minimum absolute atomic E-state index is 0.248.